The summed E-state index contributed by atoms with van der Waals surface area (Å²) in [5.41, 5.74) is 0. The van der Waals surface area contributed by atoms with Gasteiger partial charge in [0.1, 0.15) is 0 Å². The largest absolute Gasteiger partial charge is 0.0654 e. The molecular formula is C46H93. The topological polar surface area (TPSA) is 0 Å². The van der Waals surface area contributed by atoms with Crippen molar-refractivity contribution < 1.29 is 0 Å². The maximum atomic E-state index is 4.48. The molecule has 0 aromatic rings. The Morgan fingerprint density at radius 2 is 0.348 bits per heavy atom. The summed E-state index contributed by atoms with van der Waals surface area (Å²) in [6.45, 7) is 9.10. The summed E-state index contributed by atoms with van der Waals surface area (Å²) in [4.78, 5) is 0. The monoisotopic (exact) mass is 646 g/mol. The van der Waals surface area contributed by atoms with E-state index in [2.05, 4.69) is 20.8 Å². The van der Waals surface area contributed by atoms with Gasteiger partial charge in [-0.05, 0) is 5.92 Å². The molecule has 46 heavy (non-hydrogen) atoms. The predicted molar refractivity (Wildman–Crippen MR) is 214 cm³/mol. The fraction of sp³-hybridized carbons (Fsp3) is 0.978. The number of hydrogen-bond donors (Lipinski definition) is 0. The second-order valence-electron chi connectivity index (χ2n) is 15.9. The summed E-state index contributed by atoms with van der Waals surface area (Å²) in [5, 5.41) is 0. The summed E-state index contributed by atoms with van der Waals surface area (Å²) >= 11 is 0. The second-order valence-corrected chi connectivity index (χ2v) is 15.9. The highest BCUT2D eigenvalue weighted by molar-refractivity contribution is 4.62. The molecule has 0 saturated heterocycles. The molecule has 0 spiro atoms. The molecule has 0 aliphatic carbocycles. The van der Waals surface area contributed by atoms with Crippen LogP contribution < -0.4 is 0 Å². The fourth-order valence-corrected chi connectivity index (χ4v) is 7.52. The summed E-state index contributed by atoms with van der Waals surface area (Å²) in [7, 11) is 0. The van der Waals surface area contributed by atoms with Crippen molar-refractivity contribution in [3.8, 4) is 0 Å². The normalized spacial score (nSPS) is 11.7. The highest BCUT2D eigenvalue weighted by Gasteiger charge is 2.03. The minimum atomic E-state index is 0.714. The van der Waals surface area contributed by atoms with Crippen LogP contribution in [0.3, 0.4) is 0 Å². The van der Waals surface area contributed by atoms with Crippen LogP contribution in [0, 0.1) is 12.8 Å². The van der Waals surface area contributed by atoms with Crippen LogP contribution in [0.2, 0.25) is 0 Å². The second kappa shape index (κ2) is 43.0. The van der Waals surface area contributed by atoms with Crippen LogP contribution in [0.25, 0.3) is 0 Å². The molecule has 0 aromatic carbocycles. The molecule has 0 heterocycles. The summed E-state index contributed by atoms with van der Waals surface area (Å²) in [5.74, 6) is 0.714. The van der Waals surface area contributed by atoms with Gasteiger partial charge in [0.25, 0.3) is 0 Å². The van der Waals surface area contributed by atoms with Crippen LogP contribution in [-0.4, -0.2) is 0 Å². The Labute approximate surface area is 295 Å². The Morgan fingerprint density at radius 3 is 0.500 bits per heavy atom. The molecule has 0 aliphatic heterocycles. The maximum Gasteiger partial charge on any atom is -0.0414 e. The third kappa shape index (κ3) is 42.0. The molecule has 0 bridgehead atoms. The first-order valence-corrected chi connectivity index (χ1v) is 22.6. The van der Waals surface area contributed by atoms with E-state index in [0.29, 0.717) is 5.92 Å². The lowest BCUT2D eigenvalue weighted by Crippen LogP contribution is -1.95. The maximum absolute atomic E-state index is 4.48. The van der Waals surface area contributed by atoms with Crippen molar-refractivity contribution in [2.24, 2.45) is 5.92 Å². The molecule has 0 heteroatoms. The van der Waals surface area contributed by atoms with Gasteiger partial charge in [0, 0.05) is 0 Å². The third-order valence-electron chi connectivity index (χ3n) is 10.9. The molecule has 0 rings (SSSR count). The van der Waals surface area contributed by atoms with E-state index in [-0.39, 0.29) is 0 Å². The van der Waals surface area contributed by atoms with E-state index in [1.807, 2.05) is 0 Å². The van der Waals surface area contributed by atoms with Gasteiger partial charge in [-0.3, -0.25) is 0 Å². The van der Waals surface area contributed by atoms with Crippen molar-refractivity contribution in [2.45, 2.75) is 284 Å². The van der Waals surface area contributed by atoms with E-state index >= 15 is 0 Å². The van der Waals surface area contributed by atoms with E-state index in [9.17, 15) is 0 Å². The van der Waals surface area contributed by atoms with E-state index < -0.39 is 0 Å². The van der Waals surface area contributed by atoms with Crippen LogP contribution in [0.1, 0.15) is 284 Å². The van der Waals surface area contributed by atoms with Crippen LogP contribution in [0.4, 0.5) is 0 Å². The first-order chi connectivity index (χ1) is 22.8. The Bertz CT molecular complexity index is 450. The molecular weight excluding hydrogens is 553 g/mol. The van der Waals surface area contributed by atoms with Gasteiger partial charge in [0.15, 0.2) is 0 Å². The Kier molecular flexibility index (Phi) is 43.0. The van der Waals surface area contributed by atoms with Crippen molar-refractivity contribution in [1.82, 2.24) is 0 Å². The Morgan fingerprint density at radius 1 is 0.217 bits per heavy atom. The third-order valence-corrected chi connectivity index (χ3v) is 10.9. The standard InChI is InChI=1S/C46H93/c1-4-6-8-10-12-14-16-18-20-22-24-26-28-30-32-34-36-38-40-42-44-46(3)45-43-41-39-37-35-33-31-29-27-25-23-21-19-17-15-13-11-9-7-5-2/h46H,3-45H2,1-2H3. The van der Waals surface area contributed by atoms with Gasteiger partial charge < -0.3 is 0 Å². The van der Waals surface area contributed by atoms with E-state index in [1.54, 1.807) is 0 Å². The molecule has 0 aromatic heterocycles. The van der Waals surface area contributed by atoms with Gasteiger partial charge >= 0.3 is 0 Å². The molecule has 0 fully saturated rings. The zero-order chi connectivity index (χ0) is 33.3. The quantitative estimate of drug-likeness (QED) is 0.0579. The lowest BCUT2D eigenvalue weighted by molar-refractivity contribution is 0.459. The van der Waals surface area contributed by atoms with Crippen molar-refractivity contribution in [1.29, 1.82) is 0 Å². The van der Waals surface area contributed by atoms with Crippen LogP contribution in [-0.2, 0) is 0 Å². The van der Waals surface area contributed by atoms with Crippen molar-refractivity contribution >= 4 is 0 Å². The average molecular weight is 646 g/mol. The molecule has 0 N–H and O–H groups in total. The van der Waals surface area contributed by atoms with Gasteiger partial charge in [0.2, 0.25) is 0 Å². The van der Waals surface area contributed by atoms with Crippen LogP contribution >= 0.6 is 0 Å². The Hall–Kier alpha value is 0. The van der Waals surface area contributed by atoms with Crippen LogP contribution in [0.5, 0.6) is 0 Å². The van der Waals surface area contributed by atoms with Crippen molar-refractivity contribution in [2.75, 3.05) is 0 Å². The molecule has 277 valence electrons. The predicted octanol–water partition coefficient (Wildman–Crippen LogP) is 17.9. The van der Waals surface area contributed by atoms with E-state index in [4.69, 9.17) is 0 Å². The van der Waals surface area contributed by atoms with Crippen molar-refractivity contribution in [3.05, 3.63) is 6.92 Å². The van der Waals surface area contributed by atoms with Gasteiger partial charge in [-0.1, -0.05) is 290 Å². The minimum Gasteiger partial charge on any atom is -0.0654 e. The summed E-state index contributed by atoms with van der Waals surface area (Å²) in [6.07, 6.45) is 61.5. The summed E-state index contributed by atoms with van der Waals surface area (Å²) < 4.78 is 0. The van der Waals surface area contributed by atoms with Gasteiger partial charge in [-0.15, -0.1) is 0 Å². The van der Waals surface area contributed by atoms with Gasteiger partial charge in [-0.2, -0.15) is 0 Å². The molecule has 0 nitrogen and oxygen atoms in total. The molecule has 0 aliphatic rings. The molecule has 0 saturated carbocycles. The van der Waals surface area contributed by atoms with Crippen molar-refractivity contribution in [3.63, 3.8) is 0 Å². The minimum absolute atomic E-state index is 0.714. The fourth-order valence-electron chi connectivity index (χ4n) is 7.52. The lowest BCUT2D eigenvalue weighted by Gasteiger charge is -2.11. The SMILES string of the molecule is [CH2]C(CCCCCCCCCCCCCCCCCCCCCC)CCCCCCCCCCCCCCCCCCCCCC. The first kappa shape index (κ1) is 46.0. The van der Waals surface area contributed by atoms with Gasteiger partial charge in [-0.25, -0.2) is 0 Å². The summed E-state index contributed by atoms with van der Waals surface area (Å²) in [6, 6.07) is 0. The highest BCUT2D eigenvalue weighted by Crippen LogP contribution is 2.20. The highest BCUT2D eigenvalue weighted by atomic mass is 14.1. The molecule has 0 atom stereocenters. The average Bonchev–Trinajstić information content (AvgIpc) is 3.06. The lowest BCUT2D eigenvalue weighted by atomic mass is 9.95. The van der Waals surface area contributed by atoms with E-state index in [0.717, 1.165) is 0 Å². The number of unbranched alkanes of at least 4 members (excludes halogenated alkanes) is 38. The number of rotatable bonds is 42. The smallest absolute Gasteiger partial charge is 0.0414 e. The Balaban J connectivity index is 3.13. The van der Waals surface area contributed by atoms with Gasteiger partial charge in [0.05, 0.1) is 0 Å². The molecule has 0 unspecified atom stereocenters. The first-order valence-electron chi connectivity index (χ1n) is 22.6. The zero-order valence-electron chi connectivity index (χ0n) is 33.0. The zero-order valence-corrected chi connectivity index (χ0v) is 33.0. The number of hydrogen-bond acceptors (Lipinski definition) is 0. The van der Waals surface area contributed by atoms with E-state index in [1.165, 1.54) is 270 Å². The van der Waals surface area contributed by atoms with Crippen LogP contribution in [0.15, 0.2) is 0 Å². The molecule has 0 amide bonds. The molecule has 1 radical (unpaired) electrons.